The first-order valence-corrected chi connectivity index (χ1v) is 4.69. The molecule has 0 atom stereocenters. The Morgan fingerprint density at radius 1 is 1.08 bits per heavy atom. The Morgan fingerprint density at radius 3 is 2.00 bits per heavy atom. The summed E-state index contributed by atoms with van der Waals surface area (Å²) in [6.07, 6.45) is 0. The standard InChI is InChI=1S/C6H10N4S2/c1-6(2,3)12-5-9-7-4(11)8-10-5/h1-3H3,(H,7,8,11). The molecule has 1 heterocycles. The first kappa shape index (κ1) is 9.73. The molecule has 0 fully saturated rings. The summed E-state index contributed by atoms with van der Waals surface area (Å²) in [5, 5.41) is 15.9. The van der Waals surface area contributed by atoms with Crippen LogP contribution >= 0.6 is 24.4 Å². The molecular formula is C6H10N4S2. The normalized spacial score (nSPS) is 11.7. The maximum Gasteiger partial charge on any atom is 0.230 e. The van der Waals surface area contributed by atoms with Crippen molar-refractivity contribution in [2.75, 3.05) is 0 Å². The van der Waals surface area contributed by atoms with Gasteiger partial charge in [-0.25, -0.2) is 0 Å². The molecule has 66 valence electrons. The lowest BCUT2D eigenvalue weighted by molar-refractivity contribution is 0.660. The molecule has 0 aliphatic heterocycles. The molecule has 6 heteroatoms. The van der Waals surface area contributed by atoms with Gasteiger partial charge in [0.25, 0.3) is 0 Å². The average molecular weight is 202 g/mol. The molecule has 12 heavy (non-hydrogen) atoms. The van der Waals surface area contributed by atoms with E-state index >= 15 is 0 Å². The third-order valence-electron chi connectivity index (χ3n) is 0.847. The van der Waals surface area contributed by atoms with E-state index < -0.39 is 0 Å². The largest absolute Gasteiger partial charge is 0.230 e. The Kier molecular flexibility index (Phi) is 2.89. The van der Waals surface area contributed by atoms with E-state index in [1.54, 1.807) is 0 Å². The van der Waals surface area contributed by atoms with E-state index in [9.17, 15) is 0 Å². The quantitative estimate of drug-likeness (QED) is 0.551. The smallest absolute Gasteiger partial charge is 0.119 e. The van der Waals surface area contributed by atoms with E-state index in [-0.39, 0.29) is 4.75 Å². The minimum absolute atomic E-state index is 0.0848. The Labute approximate surface area is 81.0 Å². The lowest BCUT2D eigenvalue weighted by atomic mass is 10.3. The van der Waals surface area contributed by atoms with E-state index in [1.165, 1.54) is 11.8 Å². The number of rotatable bonds is 1. The van der Waals surface area contributed by atoms with Crippen LogP contribution in [0.4, 0.5) is 0 Å². The predicted octanol–water partition coefficient (Wildman–Crippen LogP) is 1.45. The number of thiol groups is 1. The highest BCUT2D eigenvalue weighted by molar-refractivity contribution is 8.00. The van der Waals surface area contributed by atoms with Crippen LogP contribution in [-0.4, -0.2) is 25.1 Å². The third kappa shape index (κ3) is 3.36. The van der Waals surface area contributed by atoms with Crippen LogP contribution in [0.15, 0.2) is 10.3 Å². The maximum absolute atomic E-state index is 3.89. The minimum Gasteiger partial charge on any atom is -0.119 e. The van der Waals surface area contributed by atoms with Crippen LogP contribution in [0.25, 0.3) is 0 Å². The summed E-state index contributed by atoms with van der Waals surface area (Å²) in [5.74, 6) is 0. The van der Waals surface area contributed by atoms with Crippen molar-refractivity contribution in [2.24, 2.45) is 0 Å². The molecule has 1 rings (SSSR count). The van der Waals surface area contributed by atoms with Crippen molar-refractivity contribution in [3.8, 4) is 0 Å². The van der Waals surface area contributed by atoms with Crippen LogP contribution in [-0.2, 0) is 0 Å². The number of hydrogen-bond acceptors (Lipinski definition) is 6. The van der Waals surface area contributed by atoms with Crippen LogP contribution in [0.3, 0.4) is 0 Å². The topological polar surface area (TPSA) is 51.6 Å². The predicted molar refractivity (Wildman–Crippen MR) is 50.5 cm³/mol. The molecule has 0 N–H and O–H groups in total. The molecule has 0 amide bonds. The first-order chi connectivity index (χ1) is 5.47. The van der Waals surface area contributed by atoms with Crippen molar-refractivity contribution in [1.29, 1.82) is 0 Å². The molecule has 0 saturated carbocycles. The highest BCUT2D eigenvalue weighted by Crippen LogP contribution is 2.27. The second kappa shape index (κ2) is 3.57. The van der Waals surface area contributed by atoms with Crippen LogP contribution in [0, 0.1) is 0 Å². The van der Waals surface area contributed by atoms with Crippen molar-refractivity contribution < 1.29 is 0 Å². The fraction of sp³-hybridized carbons (Fsp3) is 0.667. The Morgan fingerprint density at radius 2 is 1.58 bits per heavy atom. The fourth-order valence-electron chi connectivity index (χ4n) is 0.530. The van der Waals surface area contributed by atoms with Crippen LogP contribution < -0.4 is 0 Å². The highest BCUT2D eigenvalue weighted by atomic mass is 32.2. The van der Waals surface area contributed by atoms with Crippen LogP contribution in [0.2, 0.25) is 0 Å². The van der Waals surface area contributed by atoms with Gasteiger partial charge in [-0.1, -0.05) is 45.2 Å². The van der Waals surface area contributed by atoms with Crippen molar-refractivity contribution >= 4 is 24.4 Å². The van der Waals surface area contributed by atoms with E-state index in [0.717, 1.165) is 0 Å². The zero-order valence-electron chi connectivity index (χ0n) is 7.14. The zero-order valence-corrected chi connectivity index (χ0v) is 8.86. The fourth-order valence-corrected chi connectivity index (χ4v) is 1.33. The summed E-state index contributed by atoms with van der Waals surface area (Å²) in [6, 6.07) is 0. The summed E-state index contributed by atoms with van der Waals surface area (Å²) in [7, 11) is 0. The Balaban J connectivity index is 2.71. The molecule has 1 aromatic rings. The summed E-state index contributed by atoms with van der Waals surface area (Å²) in [6.45, 7) is 6.24. The van der Waals surface area contributed by atoms with Gasteiger partial charge in [-0.15, -0.1) is 20.4 Å². The van der Waals surface area contributed by atoms with Gasteiger partial charge in [-0.2, -0.15) is 0 Å². The second-order valence-electron chi connectivity index (χ2n) is 3.20. The SMILES string of the molecule is CC(C)(C)Sc1nnc(S)nn1. The summed E-state index contributed by atoms with van der Waals surface area (Å²) >= 11 is 5.41. The molecule has 1 aromatic heterocycles. The van der Waals surface area contributed by atoms with E-state index in [1.807, 2.05) is 0 Å². The molecule has 0 bridgehead atoms. The lowest BCUT2D eigenvalue weighted by Crippen LogP contribution is -2.09. The minimum atomic E-state index is 0.0848. The molecule has 0 unspecified atom stereocenters. The van der Waals surface area contributed by atoms with Gasteiger partial charge in [0.05, 0.1) is 0 Å². The Hall–Kier alpha value is -0.360. The Bertz CT molecular complexity index is 253. The van der Waals surface area contributed by atoms with Crippen LogP contribution in [0.5, 0.6) is 0 Å². The van der Waals surface area contributed by atoms with E-state index in [4.69, 9.17) is 0 Å². The zero-order chi connectivity index (χ0) is 9.19. The molecule has 0 spiro atoms. The monoisotopic (exact) mass is 202 g/mol. The highest BCUT2D eigenvalue weighted by Gasteiger charge is 2.14. The molecule has 0 aliphatic carbocycles. The van der Waals surface area contributed by atoms with E-state index in [0.29, 0.717) is 10.3 Å². The van der Waals surface area contributed by atoms with Crippen molar-refractivity contribution in [1.82, 2.24) is 20.4 Å². The number of thioether (sulfide) groups is 1. The third-order valence-corrected chi connectivity index (χ3v) is 1.98. The molecular weight excluding hydrogens is 192 g/mol. The molecule has 4 nitrogen and oxygen atoms in total. The van der Waals surface area contributed by atoms with Gasteiger partial charge in [0.1, 0.15) is 0 Å². The number of nitrogens with zero attached hydrogens (tertiary/aromatic N) is 4. The molecule has 0 radical (unpaired) electrons. The summed E-state index contributed by atoms with van der Waals surface area (Å²) in [5.41, 5.74) is 0. The van der Waals surface area contributed by atoms with Gasteiger partial charge in [0.15, 0.2) is 0 Å². The number of aromatic nitrogens is 4. The maximum atomic E-state index is 3.89. The van der Waals surface area contributed by atoms with Gasteiger partial charge in [-0.3, -0.25) is 0 Å². The molecule has 0 saturated heterocycles. The molecule has 0 aromatic carbocycles. The second-order valence-corrected chi connectivity index (χ2v) is 5.39. The van der Waals surface area contributed by atoms with Crippen molar-refractivity contribution in [3.63, 3.8) is 0 Å². The van der Waals surface area contributed by atoms with E-state index in [2.05, 4.69) is 53.8 Å². The first-order valence-electron chi connectivity index (χ1n) is 3.43. The van der Waals surface area contributed by atoms with Gasteiger partial charge >= 0.3 is 0 Å². The number of hydrogen-bond donors (Lipinski definition) is 1. The van der Waals surface area contributed by atoms with Gasteiger partial charge in [-0.05, 0) is 0 Å². The summed E-state index contributed by atoms with van der Waals surface area (Å²) in [4.78, 5) is 0. The van der Waals surface area contributed by atoms with Crippen molar-refractivity contribution in [2.45, 2.75) is 35.8 Å². The van der Waals surface area contributed by atoms with Gasteiger partial charge in [0, 0.05) is 4.75 Å². The molecule has 0 aliphatic rings. The van der Waals surface area contributed by atoms with Crippen LogP contribution in [0.1, 0.15) is 20.8 Å². The van der Waals surface area contributed by atoms with Gasteiger partial charge < -0.3 is 0 Å². The summed E-state index contributed by atoms with van der Waals surface area (Å²) < 4.78 is 0.0848. The van der Waals surface area contributed by atoms with Crippen molar-refractivity contribution in [3.05, 3.63) is 0 Å². The lowest BCUT2D eigenvalue weighted by Gasteiger charge is -2.14. The average Bonchev–Trinajstić information content (AvgIpc) is 1.91. The van der Waals surface area contributed by atoms with Gasteiger partial charge in [0.2, 0.25) is 10.3 Å².